The van der Waals surface area contributed by atoms with Gasteiger partial charge in [-0.25, -0.2) is 5.43 Å². The van der Waals surface area contributed by atoms with Crippen LogP contribution in [0.5, 0.6) is 5.75 Å². The first kappa shape index (κ1) is 18.0. The van der Waals surface area contributed by atoms with Crippen molar-refractivity contribution in [3.05, 3.63) is 35.9 Å². The van der Waals surface area contributed by atoms with Crippen molar-refractivity contribution in [3.8, 4) is 5.75 Å². The number of unbranched alkanes of at least 4 members (excludes halogenated alkanes) is 2. The van der Waals surface area contributed by atoms with Crippen molar-refractivity contribution >= 4 is 17.3 Å². The highest BCUT2D eigenvalue weighted by Gasteiger charge is 2.13. The number of methoxy groups -OCH3 is 1. The molecular formula is C19H27N3O2. The zero-order valence-electron chi connectivity index (χ0n) is 14.6. The van der Waals surface area contributed by atoms with Crippen LogP contribution in [0.1, 0.15) is 45.4 Å². The van der Waals surface area contributed by atoms with Gasteiger partial charge in [0.15, 0.2) is 0 Å². The number of amides is 1. The number of nitrogens with zero attached hydrogens (tertiary/aromatic N) is 1. The first-order chi connectivity index (χ1) is 11.7. The third-order valence-electron chi connectivity index (χ3n) is 4.05. The molecule has 24 heavy (non-hydrogen) atoms. The van der Waals surface area contributed by atoms with Crippen LogP contribution < -0.4 is 15.5 Å². The van der Waals surface area contributed by atoms with Gasteiger partial charge in [0, 0.05) is 5.69 Å². The maximum absolute atomic E-state index is 11.9. The van der Waals surface area contributed by atoms with Crippen molar-refractivity contribution in [1.29, 1.82) is 0 Å². The molecule has 0 aromatic heterocycles. The van der Waals surface area contributed by atoms with E-state index in [9.17, 15) is 4.79 Å². The first-order valence-electron chi connectivity index (χ1n) is 8.65. The molecule has 1 aromatic rings. The van der Waals surface area contributed by atoms with Crippen LogP contribution in [0.15, 0.2) is 41.0 Å². The molecule has 0 atom stereocenters. The molecule has 0 saturated heterocycles. The summed E-state index contributed by atoms with van der Waals surface area (Å²) in [4.78, 5) is 11.9. The average molecular weight is 329 g/mol. The van der Waals surface area contributed by atoms with E-state index in [0.29, 0.717) is 0 Å². The summed E-state index contributed by atoms with van der Waals surface area (Å²) in [7, 11) is 1.63. The predicted octanol–water partition coefficient (Wildman–Crippen LogP) is 3.88. The topological polar surface area (TPSA) is 62.7 Å². The fraction of sp³-hybridized carbons (Fsp3) is 0.474. The summed E-state index contributed by atoms with van der Waals surface area (Å²) in [5.74, 6) is 0.651. The second kappa shape index (κ2) is 9.75. The van der Waals surface area contributed by atoms with Crippen LogP contribution in [0.3, 0.4) is 0 Å². The number of nitrogens with one attached hydrogen (secondary N) is 2. The smallest absolute Gasteiger partial charge is 0.259 e. The van der Waals surface area contributed by atoms with Crippen LogP contribution >= 0.6 is 0 Å². The van der Waals surface area contributed by atoms with Crippen molar-refractivity contribution in [1.82, 2.24) is 5.43 Å². The number of hydrogen-bond donors (Lipinski definition) is 2. The molecule has 1 amide bonds. The molecule has 5 heteroatoms. The Labute approximate surface area is 144 Å². The molecule has 0 saturated carbocycles. The summed E-state index contributed by atoms with van der Waals surface area (Å²) in [5.41, 5.74) is 5.86. The Hall–Kier alpha value is -2.30. The average Bonchev–Trinajstić information content (AvgIpc) is 3.06. The summed E-state index contributed by atoms with van der Waals surface area (Å²) in [6.45, 7) is 2.39. The van der Waals surface area contributed by atoms with Gasteiger partial charge in [-0.2, -0.15) is 5.10 Å². The summed E-state index contributed by atoms with van der Waals surface area (Å²) in [6.07, 6.45) is 8.90. The van der Waals surface area contributed by atoms with Gasteiger partial charge >= 0.3 is 0 Å². The molecule has 1 aliphatic rings. The molecule has 1 aromatic carbocycles. The normalized spacial score (nSPS) is 15.2. The van der Waals surface area contributed by atoms with E-state index in [-0.39, 0.29) is 12.5 Å². The minimum atomic E-state index is -0.141. The molecule has 5 nitrogen and oxygen atoms in total. The largest absolute Gasteiger partial charge is 0.497 e. The van der Waals surface area contributed by atoms with Crippen LogP contribution in [0.25, 0.3) is 0 Å². The third kappa shape index (κ3) is 5.72. The van der Waals surface area contributed by atoms with Gasteiger partial charge in [0.2, 0.25) is 0 Å². The van der Waals surface area contributed by atoms with Crippen LogP contribution in [-0.2, 0) is 4.79 Å². The quantitative estimate of drug-likeness (QED) is 0.534. The van der Waals surface area contributed by atoms with Gasteiger partial charge in [0.25, 0.3) is 5.91 Å². The molecule has 0 aliphatic heterocycles. The lowest BCUT2D eigenvalue weighted by atomic mass is 10.1. The number of ether oxygens (including phenoxy) is 1. The van der Waals surface area contributed by atoms with Crippen molar-refractivity contribution < 1.29 is 9.53 Å². The van der Waals surface area contributed by atoms with E-state index in [2.05, 4.69) is 28.8 Å². The van der Waals surface area contributed by atoms with Gasteiger partial charge in [-0.1, -0.05) is 25.8 Å². The number of allylic oxidation sites excluding steroid dienone is 2. The molecule has 0 fully saturated rings. The first-order valence-corrected chi connectivity index (χ1v) is 8.65. The Morgan fingerprint density at radius 2 is 2.04 bits per heavy atom. The standard InChI is InChI=1S/C19H27N3O2/c1-3-4-5-7-15-8-6-9-18(15)21-22-19(23)14-20-16-10-12-17(24-2)13-11-16/h8,10-13,20H,3-7,9,14H2,1-2H3,(H,22,23). The predicted molar refractivity (Wildman–Crippen MR) is 98.5 cm³/mol. The Balaban J connectivity index is 1.76. The van der Waals surface area contributed by atoms with Crippen molar-refractivity contribution in [2.75, 3.05) is 19.0 Å². The minimum absolute atomic E-state index is 0.141. The van der Waals surface area contributed by atoms with E-state index in [1.165, 1.54) is 24.8 Å². The maximum Gasteiger partial charge on any atom is 0.259 e. The molecule has 0 unspecified atom stereocenters. The van der Waals surface area contributed by atoms with E-state index in [1.807, 2.05) is 24.3 Å². The zero-order valence-corrected chi connectivity index (χ0v) is 14.6. The number of hydrogen-bond acceptors (Lipinski definition) is 4. The molecule has 0 bridgehead atoms. The molecule has 2 rings (SSSR count). The summed E-state index contributed by atoms with van der Waals surface area (Å²) < 4.78 is 5.11. The second-order valence-corrected chi connectivity index (χ2v) is 5.90. The highest BCUT2D eigenvalue weighted by Crippen LogP contribution is 2.21. The highest BCUT2D eigenvalue weighted by atomic mass is 16.5. The molecular weight excluding hydrogens is 302 g/mol. The number of carbonyl (C=O) groups is 1. The van der Waals surface area contributed by atoms with E-state index in [1.54, 1.807) is 7.11 Å². The number of hydrazone groups is 1. The maximum atomic E-state index is 11.9. The van der Waals surface area contributed by atoms with E-state index < -0.39 is 0 Å². The van der Waals surface area contributed by atoms with Crippen LogP contribution in [0.2, 0.25) is 0 Å². The summed E-state index contributed by atoms with van der Waals surface area (Å²) >= 11 is 0. The van der Waals surface area contributed by atoms with Crippen LogP contribution in [0.4, 0.5) is 5.69 Å². The Morgan fingerprint density at radius 1 is 1.25 bits per heavy atom. The fourth-order valence-corrected chi connectivity index (χ4v) is 2.66. The summed E-state index contributed by atoms with van der Waals surface area (Å²) in [6, 6.07) is 7.46. The lowest BCUT2D eigenvalue weighted by Gasteiger charge is -2.08. The lowest BCUT2D eigenvalue weighted by Crippen LogP contribution is -2.27. The van der Waals surface area contributed by atoms with Gasteiger partial charge in [-0.3, -0.25) is 4.79 Å². The van der Waals surface area contributed by atoms with Gasteiger partial charge < -0.3 is 10.1 Å². The van der Waals surface area contributed by atoms with Crippen molar-refractivity contribution in [2.24, 2.45) is 5.10 Å². The number of rotatable bonds is 9. The Bertz CT molecular complexity index is 591. The molecule has 2 N–H and O–H groups in total. The van der Waals surface area contributed by atoms with Gasteiger partial charge in [0.1, 0.15) is 5.75 Å². The molecule has 0 spiro atoms. The second-order valence-electron chi connectivity index (χ2n) is 5.90. The van der Waals surface area contributed by atoms with Crippen LogP contribution in [0, 0.1) is 0 Å². The molecule has 130 valence electrons. The van der Waals surface area contributed by atoms with E-state index >= 15 is 0 Å². The Kier molecular flexibility index (Phi) is 7.33. The monoisotopic (exact) mass is 329 g/mol. The molecule has 0 heterocycles. The van der Waals surface area contributed by atoms with Crippen molar-refractivity contribution in [3.63, 3.8) is 0 Å². The molecule has 1 aliphatic carbocycles. The van der Waals surface area contributed by atoms with Gasteiger partial charge in [-0.05, 0) is 55.5 Å². The lowest BCUT2D eigenvalue weighted by molar-refractivity contribution is -0.119. The minimum Gasteiger partial charge on any atom is -0.497 e. The SMILES string of the molecule is CCCCCC1=CCCC1=NNC(=O)CNc1ccc(OC)cc1. The summed E-state index contributed by atoms with van der Waals surface area (Å²) in [5, 5.41) is 7.38. The fourth-order valence-electron chi connectivity index (χ4n) is 2.66. The van der Waals surface area contributed by atoms with E-state index in [4.69, 9.17) is 4.74 Å². The zero-order chi connectivity index (χ0) is 17.2. The van der Waals surface area contributed by atoms with E-state index in [0.717, 1.165) is 36.4 Å². The van der Waals surface area contributed by atoms with Gasteiger partial charge in [-0.15, -0.1) is 0 Å². The van der Waals surface area contributed by atoms with Crippen molar-refractivity contribution in [2.45, 2.75) is 45.4 Å². The molecule has 0 radical (unpaired) electrons. The van der Waals surface area contributed by atoms with Gasteiger partial charge in [0.05, 0.1) is 19.4 Å². The third-order valence-corrected chi connectivity index (χ3v) is 4.05. The number of carbonyl (C=O) groups excluding carboxylic acids is 1. The Morgan fingerprint density at radius 3 is 2.75 bits per heavy atom. The van der Waals surface area contributed by atoms with Crippen LogP contribution in [-0.4, -0.2) is 25.3 Å². The number of benzene rings is 1. The highest BCUT2D eigenvalue weighted by molar-refractivity contribution is 6.02. The number of anilines is 1.